The van der Waals surface area contributed by atoms with Crippen LogP contribution >= 0.6 is 12.4 Å². The van der Waals surface area contributed by atoms with E-state index in [1.807, 2.05) is 6.08 Å². The van der Waals surface area contributed by atoms with Crippen LogP contribution in [-0.2, 0) is 0 Å². The molecule has 1 saturated heterocycles. The molecule has 5 rings (SSSR count). The van der Waals surface area contributed by atoms with Crippen LogP contribution in [0.4, 0.5) is 5.69 Å². The molecule has 0 spiro atoms. The van der Waals surface area contributed by atoms with Gasteiger partial charge in [-0.25, -0.2) is 0 Å². The number of fused-ring (bicyclic) bond motifs is 2. The van der Waals surface area contributed by atoms with Crippen LogP contribution in [0.25, 0.3) is 23.8 Å². The van der Waals surface area contributed by atoms with Gasteiger partial charge in [-0.1, -0.05) is 78.4 Å². The summed E-state index contributed by atoms with van der Waals surface area (Å²) in [6, 6.07) is 22.3. The van der Waals surface area contributed by atoms with Gasteiger partial charge in [-0.05, 0) is 58.4 Å². The van der Waals surface area contributed by atoms with Crippen LogP contribution in [0, 0.1) is 10.1 Å². The van der Waals surface area contributed by atoms with E-state index < -0.39 is 4.92 Å². The lowest BCUT2D eigenvalue weighted by Crippen LogP contribution is -2.31. The lowest BCUT2D eigenvalue weighted by molar-refractivity contribution is -0.385. The first-order valence-electron chi connectivity index (χ1n) is 11.9. The van der Waals surface area contributed by atoms with Crippen molar-refractivity contribution in [3.63, 3.8) is 0 Å². The molecule has 0 radical (unpaired) electrons. The molecule has 1 aliphatic carbocycles. The summed E-state index contributed by atoms with van der Waals surface area (Å²) in [5, 5.41) is 11.1. The smallest absolute Gasteiger partial charge is 0.310 e. The monoisotopic (exact) mass is 500 g/mol. The van der Waals surface area contributed by atoms with Crippen molar-refractivity contribution in [3.8, 4) is 5.75 Å². The van der Waals surface area contributed by atoms with E-state index in [9.17, 15) is 10.1 Å². The van der Waals surface area contributed by atoms with Crippen molar-refractivity contribution < 1.29 is 9.66 Å². The van der Waals surface area contributed by atoms with E-state index in [2.05, 4.69) is 71.7 Å². The Morgan fingerprint density at radius 1 is 0.944 bits per heavy atom. The summed E-state index contributed by atoms with van der Waals surface area (Å²) < 4.78 is 5.18. The van der Waals surface area contributed by atoms with Gasteiger partial charge in [0.05, 0.1) is 12.0 Å². The summed E-state index contributed by atoms with van der Waals surface area (Å²) >= 11 is 0. The summed E-state index contributed by atoms with van der Waals surface area (Å²) in [7, 11) is 1.46. The van der Waals surface area contributed by atoms with Gasteiger partial charge in [0.15, 0.2) is 5.75 Å². The summed E-state index contributed by atoms with van der Waals surface area (Å²) in [5.74, 6) is 0.282. The first kappa shape index (κ1) is 25.4. The Morgan fingerprint density at radius 3 is 2.14 bits per heavy atom. The normalized spacial score (nSPS) is 15.1. The first-order chi connectivity index (χ1) is 17.1. The summed E-state index contributed by atoms with van der Waals surface area (Å²) in [6.45, 7) is 2.85. The Labute approximate surface area is 218 Å². The number of benzene rings is 3. The number of halogens is 1. The number of likely N-dealkylation sites (tertiary alicyclic amines) is 1. The number of nitro benzene ring substituents is 1. The second kappa shape index (κ2) is 11.4. The Hall–Kier alpha value is -3.67. The highest BCUT2D eigenvalue weighted by Gasteiger charge is 2.22. The van der Waals surface area contributed by atoms with Gasteiger partial charge >= 0.3 is 5.69 Å². The number of ether oxygens (including phenoxy) is 1. The van der Waals surface area contributed by atoms with Crippen LogP contribution in [-0.4, -0.2) is 36.6 Å². The van der Waals surface area contributed by atoms with Crippen molar-refractivity contribution in [1.29, 1.82) is 0 Å². The topological polar surface area (TPSA) is 55.6 Å². The fourth-order valence-electron chi connectivity index (χ4n) is 4.99. The van der Waals surface area contributed by atoms with Crippen LogP contribution in [0.5, 0.6) is 5.75 Å². The number of piperidine rings is 1. The number of hydrogen-bond donors (Lipinski definition) is 0. The molecular weight excluding hydrogens is 472 g/mol. The van der Waals surface area contributed by atoms with Gasteiger partial charge in [0.2, 0.25) is 0 Å². The van der Waals surface area contributed by atoms with E-state index in [-0.39, 0.29) is 23.8 Å². The molecule has 1 aliphatic heterocycles. The summed E-state index contributed by atoms with van der Waals surface area (Å²) in [6.07, 6.45) is 10.7. The number of nitro groups is 1. The summed E-state index contributed by atoms with van der Waals surface area (Å²) in [4.78, 5) is 13.1. The van der Waals surface area contributed by atoms with E-state index in [0.29, 0.717) is 0 Å². The molecule has 3 aromatic carbocycles. The highest BCUT2D eigenvalue weighted by Crippen LogP contribution is 2.38. The van der Waals surface area contributed by atoms with Crippen LogP contribution in [0.3, 0.4) is 0 Å². The molecule has 0 N–H and O–H groups in total. The van der Waals surface area contributed by atoms with Crippen LogP contribution in [0.2, 0.25) is 0 Å². The second-order valence-electron chi connectivity index (χ2n) is 8.88. The average Bonchev–Trinajstić information content (AvgIpc) is 3.06. The molecule has 0 amide bonds. The highest BCUT2D eigenvalue weighted by atomic mass is 35.5. The van der Waals surface area contributed by atoms with Crippen LogP contribution in [0.1, 0.15) is 40.7 Å². The third-order valence-electron chi connectivity index (χ3n) is 6.79. The fourth-order valence-corrected chi connectivity index (χ4v) is 4.99. The van der Waals surface area contributed by atoms with Crippen molar-refractivity contribution in [1.82, 2.24) is 4.90 Å². The molecule has 0 bridgehead atoms. The maximum absolute atomic E-state index is 11.1. The van der Waals surface area contributed by atoms with Crippen LogP contribution < -0.4 is 4.74 Å². The van der Waals surface area contributed by atoms with Crippen LogP contribution in [0.15, 0.2) is 78.4 Å². The van der Waals surface area contributed by atoms with E-state index >= 15 is 0 Å². The minimum atomic E-state index is -0.423. The molecule has 3 aromatic rings. The molecular formula is C30H29ClN2O3. The number of methoxy groups -OCH3 is 1. The van der Waals surface area contributed by atoms with Gasteiger partial charge in [0.1, 0.15) is 0 Å². The van der Waals surface area contributed by atoms with Gasteiger partial charge in [-0.2, -0.15) is 0 Å². The van der Waals surface area contributed by atoms with E-state index in [1.54, 1.807) is 12.1 Å². The van der Waals surface area contributed by atoms with Gasteiger partial charge in [0, 0.05) is 25.7 Å². The van der Waals surface area contributed by atoms with Crippen molar-refractivity contribution in [3.05, 3.63) is 116 Å². The largest absolute Gasteiger partial charge is 0.490 e. The maximum atomic E-state index is 11.1. The van der Waals surface area contributed by atoms with E-state index in [4.69, 9.17) is 4.74 Å². The molecule has 0 aromatic heterocycles. The molecule has 0 atom stereocenters. The minimum absolute atomic E-state index is 0. The lowest BCUT2D eigenvalue weighted by atomic mass is 9.86. The van der Waals surface area contributed by atoms with E-state index in [0.717, 1.165) is 38.0 Å². The Morgan fingerprint density at radius 2 is 1.56 bits per heavy atom. The molecule has 0 unspecified atom stereocenters. The molecule has 5 nitrogen and oxygen atoms in total. The van der Waals surface area contributed by atoms with E-state index in [1.165, 1.54) is 46.6 Å². The molecule has 1 heterocycles. The summed E-state index contributed by atoms with van der Waals surface area (Å²) in [5.41, 5.74) is 8.99. The molecule has 1 fully saturated rings. The molecule has 2 aliphatic rings. The van der Waals surface area contributed by atoms with Gasteiger partial charge in [0.25, 0.3) is 0 Å². The zero-order valence-electron chi connectivity index (χ0n) is 20.2. The predicted octanol–water partition coefficient (Wildman–Crippen LogP) is 7.12. The number of rotatable bonds is 5. The zero-order chi connectivity index (χ0) is 24.2. The molecule has 184 valence electrons. The molecule has 0 saturated carbocycles. The maximum Gasteiger partial charge on any atom is 0.310 e. The molecule has 36 heavy (non-hydrogen) atoms. The lowest BCUT2D eigenvalue weighted by Gasteiger charge is -2.29. The molecule has 6 heteroatoms. The zero-order valence-corrected chi connectivity index (χ0v) is 21.0. The quantitative estimate of drug-likeness (QED) is 0.216. The van der Waals surface area contributed by atoms with Crippen molar-refractivity contribution in [2.45, 2.75) is 12.8 Å². The highest BCUT2D eigenvalue weighted by molar-refractivity contribution is 5.94. The third-order valence-corrected chi connectivity index (χ3v) is 6.79. The number of nitrogens with zero attached hydrogens (tertiary/aromatic N) is 2. The second-order valence-corrected chi connectivity index (χ2v) is 8.88. The van der Waals surface area contributed by atoms with Crippen molar-refractivity contribution in [2.75, 3.05) is 26.7 Å². The third kappa shape index (κ3) is 5.27. The predicted molar refractivity (Wildman–Crippen MR) is 149 cm³/mol. The van der Waals surface area contributed by atoms with Gasteiger partial charge < -0.3 is 4.74 Å². The van der Waals surface area contributed by atoms with Crippen molar-refractivity contribution >= 4 is 41.9 Å². The Kier molecular flexibility index (Phi) is 8.04. The fraction of sp³-hybridized carbons (Fsp3) is 0.200. The van der Waals surface area contributed by atoms with Gasteiger partial charge in [-0.3, -0.25) is 15.0 Å². The standard InChI is InChI=1S/C30H28N2O3.ClH/c1-35-29-21-22(12-15-28(29)32(33)34)7-6-18-31-19-16-25(17-20-31)30-26-10-4-2-8-23(26)13-14-24-9-3-5-11-27(24)30;/h2-15,21H,16-20H2,1H3;1H/b7-6+;. The average molecular weight is 501 g/mol. The van der Waals surface area contributed by atoms with Gasteiger partial charge in [-0.15, -0.1) is 12.4 Å². The first-order valence-corrected chi connectivity index (χ1v) is 11.9. The number of hydrogen-bond acceptors (Lipinski definition) is 4. The minimum Gasteiger partial charge on any atom is -0.490 e. The Bertz CT molecular complexity index is 1300. The SMILES string of the molecule is COc1cc(/C=C/CN2CCC(=C3c4ccccc4C=Cc4ccccc43)CC2)ccc1[N+](=O)[O-].Cl. The van der Waals surface area contributed by atoms with Crippen molar-refractivity contribution in [2.24, 2.45) is 0 Å². The Balaban J connectivity index is 0.00000304.